The van der Waals surface area contributed by atoms with Gasteiger partial charge in [-0.15, -0.1) is 11.3 Å². The van der Waals surface area contributed by atoms with Crippen LogP contribution in [0.15, 0.2) is 46.7 Å². The number of halogens is 2. The Morgan fingerprint density at radius 1 is 1.18 bits per heavy atom. The molecule has 1 saturated heterocycles. The molecule has 2 N–H and O–H groups in total. The number of thioether (sulfide) groups is 1. The van der Waals surface area contributed by atoms with E-state index in [1.165, 1.54) is 11.3 Å². The van der Waals surface area contributed by atoms with E-state index >= 15 is 0 Å². The number of para-hydroxylation sites is 1. The summed E-state index contributed by atoms with van der Waals surface area (Å²) in [5, 5.41) is 7.62. The van der Waals surface area contributed by atoms with Crippen molar-refractivity contribution in [2.24, 2.45) is 0 Å². The van der Waals surface area contributed by atoms with Gasteiger partial charge >= 0.3 is 0 Å². The molecule has 0 aliphatic carbocycles. The molecule has 0 unspecified atom stereocenters. The van der Waals surface area contributed by atoms with Crippen LogP contribution < -0.4 is 10.6 Å². The number of alkyl halides is 2. The normalized spacial score (nSPS) is 15.5. The van der Waals surface area contributed by atoms with Gasteiger partial charge in [0.1, 0.15) is 0 Å². The van der Waals surface area contributed by atoms with Crippen LogP contribution in [0.1, 0.15) is 22.5 Å². The predicted molar refractivity (Wildman–Crippen MR) is 108 cm³/mol. The second-order valence-corrected chi connectivity index (χ2v) is 8.40. The van der Waals surface area contributed by atoms with Gasteiger partial charge in [-0.05, 0) is 36.4 Å². The molecule has 3 rings (SSSR count). The van der Waals surface area contributed by atoms with Gasteiger partial charge in [0.2, 0.25) is 5.91 Å². The first kappa shape index (κ1) is 20.8. The summed E-state index contributed by atoms with van der Waals surface area (Å²) in [5.74, 6) is -2.83. The maximum Gasteiger partial charge on any atom is 0.288 e. The maximum atomic E-state index is 12.6. The number of anilines is 1. The van der Waals surface area contributed by atoms with E-state index < -0.39 is 5.76 Å². The van der Waals surface area contributed by atoms with Gasteiger partial charge in [-0.3, -0.25) is 14.5 Å². The second-order valence-electron chi connectivity index (χ2n) is 6.42. The third kappa shape index (κ3) is 6.02. The second kappa shape index (κ2) is 9.99. The number of carbonyl (C=O) groups excluding carboxylic acids is 2. The highest BCUT2D eigenvalue weighted by Crippen LogP contribution is 2.31. The van der Waals surface area contributed by atoms with Crippen LogP contribution in [0.2, 0.25) is 0 Å². The molecule has 1 aliphatic heterocycles. The molecule has 150 valence electrons. The van der Waals surface area contributed by atoms with Crippen molar-refractivity contribution in [2.45, 2.75) is 29.5 Å². The molecule has 0 radical (unpaired) electrons. The molecule has 1 aromatic carbocycles. The molecule has 2 heterocycles. The summed E-state index contributed by atoms with van der Waals surface area (Å²) in [5.41, 5.74) is 0.399. The number of benzene rings is 1. The van der Waals surface area contributed by atoms with Crippen LogP contribution >= 0.6 is 23.1 Å². The van der Waals surface area contributed by atoms with Gasteiger partial charge in [-0.1, -0.05) is 30.0 Å². The molecule has 5 nitrogen and oxygen atoms in total. The van der Waals surface area contributed by atoms with Gasteiger partial charge in [0, 0.05) is 24.0 Å². The van der Waals surface area contributed by atoms with Crippen molar-refractivity contribution in [3.63, 3.8) is 0 Å². The summed E-state index contributed by atoms with van der Waals surface area (Å²) >= 11 is 1.83. The highest BCUT2D eigenvalue weighted by molar-refractivity contribution is 7.99. The van der Waals surface area contributed by atoms with Crippen molar-refractivity contribution in [3.8, 4) is 0 Å². The van der Waals surface area contributed by atoms with E-state index in [1.54, 1.807) is 30.3 Å². The summed E-state index contributed by atoms with van der Waals surface area (Å²) in [6, 6.07) is 10.3. The molecule has 9 heteroatoms. The topological polar surface area (TPSA) is 61.4 Å². The zero-order valence-electron chi connectivity index (χ0n) is 15.1. The number of nitrogens with one attached hydrogen (secondary N) is 2. The molecule has 2 amide bonds. The van der Waals surface area contributed by atoms with Crippen LogP contribution in [0.5, 0.6) is 0 Å². The van der Waals surface area contributed by atoms with Crippen LogP contribution in [0, 0.1) is 0 Å². The summed E-state index contributed by atoms with van der Waals surface area (Å²) in [7, 11) is 0. The van der Waals surface area contributed by atoms with E-state index in [9.17, 15) is 18.4 Å². The van der Waals surface area contributed by atoms with Crippen molar-refractivity contribution in [2.75, 3.05) is 25.0 Å². The Hall–Kier alpha value is -1.97. The third-order valence-electron chi connectivity index (χ3n) is 4.41. The minimum absolute atomic E-state index is 0.0562. The fourth-order valence-corrected chi connectivity index (χ4v) is 4.28. The van der Waals surface area contributed by atoms with Crippen molar-refractivity contribution in [3.05, 3.63) is 46.7 Å². The zero-order chi connectivity index (χ0) is 19.9. The number of nitrogens with zero attached hydrogens (tertiary/aromatic N) is 1. The number of hydrogen-bond acceptors (Lipinski definition) is 5. The van der Waals surface area contributed by atoms with Gasteiger partial charge in [0.05, 0.1) is 17.1 Å². The Morgan fingerprint density at radius 3 is 2.61 bits per heavy atom. The number of carbonyl (C=O) groups is 2. The molecule has 28 heavy (non-hydrogen) atoms. The Morgan fingerprint density at radius 2 is 1.93 bits per heavy atom. The lowest BCUT2D eigenvalue weighted by atomic mass is 10.0. The number of hydrogen-bond donors (Lipinski definition) is 2. The van der Waals surface area contributed by atoms with E-state index in [4.69, 9.17) is 0 Å². The summed E-state index contributed by atoms with van der Waals surface area (Å²) in [4.78, 5) is 27.5. The summed E-state index contributed by atoms with van der Waals surface area (Å²) in [6.07, 6.45) is 1.53. The largest absolute Gasteiger partial charge is 0.349 e. The minimum atomic E-state index is -2.54. The Labute approximate surface area is 170 Å². The van der Waals surface area contributed by atoms with E-state index in [2.05, 4.69) is 10.6 Å². The number of piperidine rings is 1. The molecule has 0 spiro atoms. The molecule has 2 aromatic rings. The lowest BCUT2D eigenvalue weighted by Gasteiger charge is -2.31. The fourth-order valence-electron chi connectivity index (χ4n) is 3.06. The number of amides is 2. The van der Waals surface area contributed by atoms with Crippen LogP contribution in [0.3, 0.4) is 0 Å². The monoisotopic (exact) mass is 425 g/mol. The average molecular weight is 426 g/mol. The number of rotatable bonds is 7. The minimum Gasteiger partial charge on any atom is -0.349 e. The molecule has 0 saturated carbocycles. The van der Waals surface area contributed by atoms with Crippen molar-refractivity contribution in [1.82, 2.24) is 10.2 Å². The smallest absolute Gasteiger partial charge is 0.288 e. The Kier molecular flexibility index (Phi) is 7.41. The molecular formula is C19H21F2N3O2S2. The van der Waals surface area contributed by atoms with E-state index in [0.717, 1.165) is 12.8 Å². The van der Waals surface area contributed by atoms with Crippen LogP contribution in [0.25, 0.3) is 0 Å². The first-order valence-electron chi connectivity index (χ1n) is 8.91. The molecule has 1 aliphatic rings. The highest BCUT2D eigenvalue weighted by Gasteiger charge is 2.23. The maximum absolute atomic E-state index is 12.6. The van der Waals surface area contributed by atoms with Gasteiger partial charge in [0.25, 0.3) is 11.7 Å². The summed E-state index contributed by atoms with van der Waals surface area (Å²) in [6.45, 7) is 1.58. The van der Waals surface area contributed by atoms with Gasteiger partial charge in [0.15, 0.2) is 0 Å². The lowest BCUT2D eigenvalue weighted by molar-refractivity contribution is -0.117. The molecule has 1 fully saturated rings. The number of thiophene rings is 1. The first-order valence-corrected chi connectivity index (χ1v) is 10.7. The first-order chi connectivity index (χ1) is 13.5. The van der Waals surface area contributed by atoms with Gasteiger partial charge in [-0.25, -0.2) is 0 Å². The zero-order valence-corrected chi connectivity index (χ0v) is 16.7. The Bertz CT molecular complexity index is 794. The predicted octanol–water partition coefficient (Wildman–Crippen LogP) is 3.90. The van der Waals surface area contributed by atoms with E-state index in [-0.39, 0.29) is 24.4 Å². The lowest BCUT2D eigenvalue weighted by Crippen LogP contribution is -2.46. The standard InChI is InChI=1S/C19H21F2N3O2S2/c20-19(21)28-15-5-2-1-4-14(15)23-17(25)12-24-9-7-13(8-10-24)22-18(26)16-6-3-11-27-16/h1-6,11,13,19H,7-10,12H2,(H,22,26)(H,23,25). The Balaban J connectivity index is 1.45. The average Bonchev–Trinajstić information content (AvgIpc) is 3.19. The number of likely N-dealkylation sites (tertiary alicyclic amines) is 1. The van der Waals surface area contributed by atoms with Crippen LogP contribution in [0.4, 0.5) is 14.5 Å². The molecular weight excluding hydrogens is 404 g/mol. The highest BCUT2D eigenvalue weighted by atomic mass is 32.2. The molecule has 0 atom stereocenters. The van der Waals surface area contributed by atoms with E-state index in [1.807, 2.05) is 16.3 Å². The summed E-state index contributed by atoms with van der Waals surface area (Å²) < 4.78 is 25.3. The van der Waals surface area contributed by atoms with Crippen LogP contribution in [-0.2, 0) is 4.79 Å². The van der Waals surface area contributed by atoms with E-state index in [0.29, 0.717) is 40.3 Å². The van der Waals surface area contributed by atoms with Crippen LogP contribution in [-0.4, -0.2) is 48.1 Å². The molecule has 1 aromatic heterocycles. The van der Waals surface area contributed by atoms with Gasteiger partial charge in [-0.2, -0.15) is 8.78 Å². The third-order valence-corrected chi connectivity index (χ3v) is 6.07. The fraction of sp³-hybridized carbons (Fsp3) is 0.368. The SMILES string of the molecule is O=C(CN1CCC(NC(=O)c2cccs2)CC1)Nc1ccccc1SC(F)F. The van der Waals surface area contributed by atoms with Crippen molar-refractivity contribution in [1.29, 1.82) is 0 Å². The van der Waals surface area contributed by atoms with Crippen molar-refractivity contribution < 1.29 is 18.4 Å². The molecule has 0 bridgehead atoms. The van der Waals surface area contributed by atoms with Gasteiger partial charge < -0.3 is 10.6 Å². The van der Waals surface area contributed by atoms with Crippen molar-refractivity contribution >= 4 is 40.6 Å². The quantitative estimate of drug-likeness (QED) is 0.661.